The van der Waals surface area contributed by atoms with E-state index in [1.807, 2.05) is 12.1 Å². The van der Waals surface area contributed by atoms with Crippen LogP contribution in [0.15, 0.2) is 22.1 Å². The summed E-state index contributed by atoms with van der Waals surface area (Å²) in [6.07, 6.45) is 0. The van der Waals surface area contributed by atoms with Crippen LogP contribution >= 0.6 is 27.3 Å². The highest BCUT2D eigenvalue weighted by molar-refractivity contribution is 9.11. The van der Waals surface area contributed by atoms with Crippen molar-refractivity contribution in [1.82, 2.24) is 4.98 Å². The molecule has 2 rings (SSSR count). The molecule has 0 amide bonds. The smallest absolute Gasteiger partial charge is 0.160 e. The molecule has 1 aromatic heterocycles. The van der Waals surface area contributed by atoms with E-state index in [2.05, 4.69) is 40.8 Å². The summed E-state index contributed by atoms with van der Waals surface area (Å²) in [5.41, 5.74) is 4.45. The largest absolute Gasteiger partial charge is 0.391 e. The van der Waals surface area contributed by atoms with Crippen LogP contribution < -0.4 is 0 Å². The van der Waals surface area contributed by atoms with E-state index in [9.17, 15) is 5.11 Å². The first kappa shape index (κ1) is 11.8. The molecule has 2 nitrogen and oxygen atoms in total. The summed E-state index contributed by atoms with van der Waals surface area (Å²) in [5, 5.41) is 9.30. The van der Waals surface area contributed by atoms with E-state index in [1.54, 1.807) is 0 Å². The third-order valence-corrected chi connectivity index (χ3v) is 4.17. The van der Waals surface area contributed by atoms with Gasteiger partial charge in [-0.25, -0.2) is 4.98 Å². The van der Waals surface area contributed by atoms with Gasteiger partial charge in [-0.2, -0.15) is 0 Å². The molecule has 1 heterocycles. The highest BCUT2D eigenvalue weighted by atomic mass is 79.9. The highest BCUT2D eigenvalue weighted by Gasteiger charge is 2.13. The molecule has 0 unspecified atom stereocenters. The maximum absolute atomic E-state index is 9.30. The molecule has 1 aromatic carbocycles. The van der Waals surface area contributed by atoms with Crippen molar-refractivity contribution < 1.29 is 5.11 Å². The van der Waals surface area contributed by atoms with Gasteiger partial charge >= 0.3 is 0 Å². The average molecular weight is 298 g/mol. The van der Waals surface area contributed by atoms with E-state index in [0.717, 1.165) is 20.1 Å². The second kappa shape index (κ2) is 4.65. The molecule has 4 heteroatoms. The van der Waals surface area contributed by atoms with Gasteiger partial charge in [0.15, 0.2) is 3.92 Å². The van der Waals surface area contributed by atoms with Crippen LogP contribution in [0.2, 0.25) is 0 Å². The Labute approximate surface area is 107 Å². The van der Waals surface area contributed by atoms with Crippen LogP contribution in [-0.2, 0) is 6.61 Å². The van der Waals surface area contributed by atoms with Crippen LogP contribution in [-0.4, -0.2) is 10.1 Å². The average Bonchev–Trinajstić information content (AvgIpc) is 2.63. The SMILES string of the molecule is Cc1cccc(-c2nc(Br)sc2CO)c1C. The Balaban J connectivity index is 2.62. The zero-order valence-electron chi connectivity index (χ0n) is 9.12. The topological polar surface area (TPSA) is 33.1 Å². The molecule has 0 fully saturated rings. The fourth-order valence-corrected chi connectivity index (χ4v) is 3.07. The van der Waals surface area contributed by atoms with Crippen molar-refractivity contribution in [1.29, 1.82) is 0 Å². The van der Waals surface area contributed by atoms with Gasteiger partial charge < -0.3 is 5.11 Å². The van der Waals surface area contributed by atoms with Crippen molar-refractivity contribution in [2.45, 2.75) is 20.5 Å². The van der Waals surface area contributed by atoms with Crippen LogP contribution in [0.3, 0.4) is 0 Å². The number of aromatic nitrogens is 1. The molecule has 0 saturated heterocycles. The maximum Gasteiger partial charge on any atom is 0.160 e. The molecule has 1 N–H and O–H groups in total. The Hall–Kier alpha value is -0.710. The molecule has 16 heavy (non-hydrogen) atoms. The van der Waals surface area contributed by atoms with Gasteiger partial charge in [0.1, 0.15) is 0 Å². The Morgan fingerprint density at radius 3 is 2.81 bits per heavy atom. The number of aliphatic hydroxyl groups excluding tert-OH is 1. The summed E-state index contributed by atoms with van der Waals surface area (Å²) in [7, 11) is 0. The van der Waals surface area contributed by atoms with Gasteiger partial charge in [0.05, 0.1) is 17.2 Å². The van der Waals surface area contributed by atoms with Crippen molar-refractivity contribution in [3.05, 3.63) is 38.1 Å². The molecule has 0 radical (unpaired) electrons. The number of aliphatic hydroxyl groups is 1. The lowest BCUT2D eigenvalue weighted by atomic mass is 10.0. The first-order valence-corrected chi connectivity index (χ1v) is 6.57. The van der Waals surface area contributed by atoms with Crippen LogP contribution in [0.5, 0.6) is 0 Å². The molecule has 0 aliphatic rings. The zero-order chi connectivity index (χ0) is 11.7. The van der Waals surface area contributed by atoms with Gasteiger partial charge in [-0.3, -0.25) is 0 Å². The summed E-state index contributed by atoms with van der Waals surface area (Å²) in [6.45, 7) is 4.20. The predicted octanol–water partition coefficient (Wildman–Crippen LogP) is 3.68. The van der Waals surface area contributed by atoms with Gasteiger partial charge in [-0.15, -0.1) is 11.3 Å². The van der Waals surface area contributed by atoms with Gasteiger partial charge in [-0.05, 0) is 40.9 Å². The first-order valence-electron chi connectivity index (χ1n) is 4.96. The molecule has 84 valence electrons. The molecule has 2 aromatic rings. The van der Waals surface area contributed by atoms with E-state index in [1.165, 1.54) is 22.5 Å². The molecule has 0 spiro atoms. The normalized spacial score (nSPS) is 10.8. The molecule has 0 atom stereocenters. The Morgan fingerprint density at radius 2 is 2.12 bits per heavy atom. The molecule has 0 aliphatic heterocycles. The summed E-state index contributed by atoms with van der Waals surface area (Å²) in [4.78, 5) is 5.33. The van der Waals surface area contributed by atoms with Crippen molar-refractivity contribution >= 4 is 27.3 Å². The third-order valence-electron chi connectivity index (χ3n) is 2.67. The van der Waals surface area contributed by atoms with Crippen LogP contribution in [0.1, 0.15) is 16.0 Å². The summed E-state index contributed by atoms with van der Waals surface area (Å²) < 4.78 is 0.812. The minimum atomic E-state index is 0.0337. The van der Waals surface area contributed by atoms with Gasteiger partial charge in [-0.1, -0.05) is 18.2 Å². The maximum atomic E-state index is 9.30. The van der Waals surface area contributed by atoms with Crippen LogP contribution in [0, 0.1) is 13.8 Å². The fourth-order valence-electron chi connectivity index (χ4n) is 1.65. The Morgan fingerprint density at radius 1 is 1.38 bits per heavy atom. The quantitative estimate of drug-likeness (QED) is 0.917. The van der Waals surface area contributed by atoms with Gasteiger partial charge in [0.2, 0.25) is 0 Å². The standard InChI is InChI=1S/C12H12BrNOS/c1-7-4-3-5-9(8(7)2)11-10(6-15)16-12(13)14-11/h3-5,15H,6H2,1-2H3. The highest BCUT2D eigenvalue weighted by Crippen LogP contribution is 2.33. The van der Waals surface area contributed by atoms with Crippen LogP contribution in [0.4, 0.5) is 0 Å². The monoisotopic (exact) mass is 297 g/mol. The Kier molecular flexibility index (Phi) is 3.42. The summed E-state index contributed by atoms with van der Waals surface area (Å²) in [6, 6.07) is 6.15. The second-order valence-electron chi connectivity index (χ2n) is 3.64. The van der Waals surface area contributed by atoms with E-state index in [-0.39, 0.29) is 6.61 Å². The lowest BCUT2D eigenvalue weighted by molar-refractivity contribution is 0.286. The minimum absolute atomic E-state index is 0.0337. The minimum Gasteiger partial charge on any atom is -0.391 e. The number of rotatable bonds is 2. The summed E-state index contributed by atoms with van der Waals surface area (Å²) >= 11 is 4.84. The molecular weight excluding hydrogens is 286 g/mol. The fraction of sp³-hybridized carbons (Fsp3) is 0.250. The number of aryl methyl sites for hydroxylation is 1. The lowest BCUT2D eigenvalue weighted by Crippen LogP contribution is -1.90. The van der Waals surface area contributed by atoms with E-state index >= 15 is 0 Å². The number of thiazole rings is 1. The molecule has 0 bridgehead atoms. The molecule has 0 saturated carbocycles. The van der Waals surface area contributed by atoms with Gasteiger partial charge in [0, 0.05) is 5.56 Å². The second-order valence-corrected chi connectivity index (χ2v) is 6.00. The number of nitrogens with zero attached hydrogens (tertiary/aromatic N) is 1. The molecular formula is C12H12BrNOS. The van der Waals surface area contributed by atoms with E-state index < -0.39 is 0 Å². The van der Waals surface area contributed by atoms with E-state index in [0.29, 0.717) is 0 Å². The van der Waals surface area contributed by atoms with Crippen molar-refractivity contribution in [3.8, 4) is 11.3 Å². The first-order chi connectivity index (χ1) is 7.63. The molecule has 0 aliphatic carbocycles. The van der Waals surface area contributed by atoms with Crippen molar-refractivity contribution in [2.24, 2.45) is 0 Å². The predicted molar refractivity (Wildman–Crippen MR) is 70.6 cm³/mol. The number of hydrogen-bond donors (Lipinski definition) is 1. The Bertz CT molecular complexity index is 522. The number of benzene rings is 1. The third kappa shape index (κ3) is 2.05. The summed E-state index contributed by atoms with van der Waals surface area (Å²) in [5.74, 6) is 0. The van der Waals surface area contributed by atoms with E-state index in [4.69, 9.17) is 0 Å². The number of hydrogen-bond acceptors (Lipinski definition) is 3. The zero-order valence-corrected chi connectivity index (χ0v) is 11.5. The van der Waals surface area contributed by atoms with Gasteiger partial charge in [0.25, 0.3) is 0 Å². The van der Waals surface area contributed by atoms with Crippen molar-refractivity contribution in [3.63, 3.8) is 0 Å². The lowest BCUT2D eigenvalue weighted by Gasteiger charge is -2.07. The number of halogens is 1. The van der Waals surface area contributed by atoms with Crippen LogP contribution in [0.25, 0.3) is 11.3 Å². The van der Waals surface area contributed by atoms with Crippen molar-refractivity contribution in [2.75, 3.05) is 0 Å².